The lowest BCUT2D eigenvalue weighted by Gasteiger charge is -2.28. The molecule has 0 bridgehead atoms. The lowest BCUT2D eigenvalue weighted by atomic mass is 10.3. The van der Waals surface area contributed by atoms with E-state index in [2.05, 4.69) is 0 Å². The number of nitrogens with two attached hydrogens (primary N) is 1. The Kier molecular flexibility index (Phi) is 5.47. The van der Waals surface area contributed by atoms with E-state index in [1.807, 2.05) is 24.3 Å². The van der Waals surface area contributed by atoms with E-state index in [4.69, 9.17) is 15.7 Å². The van der Waals surface area contributed by atoms with Crippen molar-refractivity contribution in [2.24, 2.45) is 0 Å². The number of sulfonamides is 1. The minimum absolute atomic E-state index is 0.0180. The maximum atomic E-state index is 12.2. The highest BCUT2D eigenvalue weighted by atomic mass is 32.2. The minimum Gasteiger partial charge on any atom is -0.398 e. The largest absolute Gasteiger partial charge is 0.398 e. The SMILES string of the molecule is N#CC1CN(S(=O)(=O)CCSc2ccccc2N)CCO1. The van der Waals surface area contributed by atoms with E-state index in [-0.39, 0.29) is 18.9 Å². The normalized spacial score (nSPS) is 20.0. The first-order chi connectivity index (χ1) is 10.0. The second-order valence-electron chi connectivity index (χ2n) is 4.55. The van der Waals surface area contributed by atoms with Crippen LogP contribution in [0.25, 0.3) is 0 Å². The van der Waals surface area contributed by atoms with Gasteiger partial charge >= 0.3 is 0 Å². The number of para-hydroxylation sites is 1. The van der Waals surface area contributed by atoms with E-state index < -0.39 is 16.1 Å². The second-order valence-corrected chi connectivity index (χ2v) is 7.77. The molecule has 0 aromatic heterocycles. The summed E-state index contributed by atoms with van der Waals surface area (Å²) in [4.78, 5) is 0.879. The van der Waals surface area contributed by atoms with Crippen molar-refractivity contribution in [2.45, 2.75) is 11.0 Å². The molecule has 8 heteroatoms. The summed E-state index contributed by atoms with van der Waals surface area (Å²) in [7, 11) is -3.37. The van der Waals surface area contributed by atoms with Crippen molar-refractivity contribution in [1.82, 2.24) is 4.31 Å². The molecular weight excluding hydrogens is 310 g/mol. The summed E-state index contributed by atoms with van der Waals surface area (Å²) < 4.78 is 31.0. The molecule has 0 spiro atoms. The number of nitrogens with zero attached hydrogens (tertiary/aromatic N) is 2. The van der Waals surface area contributed by atoms with E-state index in [0.29, 0.717) is 18.0 Å². The monoisotopic (exact) mass is 327 g/mol. The van der Waals surface area contributed by atoms with Gasteiger partial charge in [-0.1, -0.05) is 12.1 Å². The number of nitriles is 1. The summed E-state index contributed by atoms with van der Waals surface area (Å²) in [6.45, 7) is 0.672. The number of anilines is 1. The zero-order valence-electron chi connectivity index (χ0n) is 11.4. The van der Waals surface area contributed by atoms with Gasteiger partial charge in [0.25, 0.3) is 0 Å². The summed E-state index contributed by atoms with van der Waals surface area (Å²) in [5.41, 5.74) is 6.47. The van der Waals surface area contributed by atoms with Gasteiger partial charge in [0.15, 0.2) is 6.10 Å². The fraction of sp³-hybridized carbons (Fsp3) is 0.462. The molecule has 0 radical (unpaired) electrons. The number of rotatable bonds is 5. The first-order valence-corrected chi connectivity index (χ1v) is 9.09. The third-order valence-corrected chi connectivity index (χ3v) is 6.27. The molecule has 6 nitrogen and oxygen atoms in total. The van der Waals surface area contributed by atoms with Crippen LogP contribution in [0.4, 0.5) is 5.69 Å². The van der Waals surface area contributed by atoms with Crippen LogP contribution >= 0.6 is 11.8 Å². The van der Waals surface area contributed by atoms with Crippen LogP contribution in [0.15, 0.2) is 29.2 Å². The number of nitrogen functional groups attached to an aromatic ring is 1. The number of hydrogen-bond acceptors (Lipinski definition) is 6. The molecular formula is C13H17N3O3S2. The molecule has 2 N–H and O–H groups in total. The van der Waals surface area contributed by atoms with Crippen molar-refractivity contribution in [3.63, 3.8) is 0 Å². The Hall–Kier alpha value is -1.27. The maximum Gasteiger partial charge on any atom is 0.215 e. The topological polar surface area (TPSA) is 96.4 Å². The van der Waals surface area contributed by atoms with Crippen LogP contribution in [-0.2, 0) is 14.8 Å². The number of thioether (sulfide) groups is 1. The van der Waals surface area contributed by atoms with Gasteiger partial charge in [0.2, 0.25) is 10.0 Å². The Morgan fingerprint density at radius 3 is 2.95 bits per heavy atom. The molecule has 2 rings (SSSR count). The van der Waals surface area contributed by atoms with Gasteiger partial charge < -0.3 is 10.5 Å². The number of morpholine rings is 1. The van der Waals surface area contributed by atoms with Crippen LogP contribution in [0.5, 0.6) is 0 Å². The summed E-state index contributed by atoms with van der Waals surface area (Å²) in [6, 6.07) is 9.31. The van der Waals surface area contributed by atoms with E-state index in [9.17, 15) is 8.42 Å². The van der Waals surface area contributed by atoms with Crippen LogP contribution in [0.1, 0.15) is 0 Å². The fourth-order valence-electron chi connectivity index (χ4n) is 1.95. The predicted molar refractivity (Wildman–Crippen MR) is 82.3 cm³/mol. The molecule has 0 aliphatic carbocycles. The smallest absolute Gasteiger partial charge is 0.215 e. The van der Waals surface area contributed by atoms with Gasteiger partial charge in [0.1, 0.15) is 0 Å². The molecule has 0 saturated carbocycles. The molecule has 1 unspecified atom stereocenters. The third-order valence-electron chi connectivity index (χ3n) is 3.08. The average Bonchev–Trinajstić information content (AvgIpc) is 2.49. The van der Waals surface area contributed by atoms with E-state index in [1.165, 1.54) is 16.1 Å². The van der Waals surface area contributed by atoms with Crippen LogP contribution in [-0.4, -0.2) is 50.0 Å². The molecule has 1 aromatic carbocycles. The average molecular weight is 327 g/mol. The van der Waals surface area contributed by atoms with Gasteiger partial charge in [-0.15, -0.1) is 11.8 Å². The Balaban J connectivity index is 1.90. The summed E-state index contributed by atoms with van der Waals surface area (Å²) in [5.74, 6) is 0.440. The Bertz CT molecular complexity index is 628. The molecule has 0 amide bonds. The molecule has 1 aromatic rings. The van der Waals surface area contributed by atoms with E-state index >= 15 is 0 Å². The first kappa shape index (κ1) is 16.1. The number of hydrogen-bond donors (Lipinski definition) is 1. The third kappa shape index (κ3) is 4.35. The molecule has 1 aliphatic heterocycles. The van der Waals surface area contributed by atoms with Crippen molar-refractivity contribution in [3.8, 4) is 6.07 Å². The summed E-state index contributed by atoms with van der Waals surface area (Å²) in [6.07, 6.45) is -0.675. The highest BCUT2D eigenvalue weighted by molar-refractivity contribution is 8.00. The van der Waals surface area contributed by atoms with Crippen molar-refractivity contribution >= 4 is 27.5 Å². The van der Waals surface area contributed by atoms with E-state index in [0.717, 1.165) is 4.90 Å². The van der Waals surface area contributed by atoms with Gasteiger partial charge in [-0.05, 0) is 12.1 Å². The molecule has 21 heavy (non-hydrogen) atoms. The maximum absolute atomic E-state index is 12.2. The van der Waals surface area contributed by atoms with Crippen LogP contribution < -0.4 is 5.73 Å². The van der Waals surface area contributed by atoms with Gasteiger partial charge in [-0.3, -0.25) is 0 Å². The highest BCUT2D eigenvalue weighted by Crippen LogP contribution is 2.24. The number of ether oxygens (including phenoxy) is 1. The van der Waals surface area contributed by atoms with Crippen molar-refractivity contribution in [2.75, 3.05) is 36.9 Å². The molecule has 1 aliphatic rings. The first-order valence-electron chi connectivity index (χ1n) is 6.49. The minimum atomic E-state index is -3.37. The Labute approximate surface area is 128 Å². The zero-order valence-corrected chi connectivity index (χ0v) is 13.1. The zero-order chi connectivity index (χ0) is 15.3. The Morgan fingerprint density at radius 1 is 1.48 bits per heavy atom. The number of benzene rings is 1. The summed E-state index contributed by atoms with van der Waals surface area (Å²) in [5, 5.41) is 8.82. The molecule has 1 heterocycles. The summed E-state index contributed by atoms with van der Waals surface area (Å²) >= 11 is 1.42. The van der Waals surface area contributed by atoms with Crippen molar-refractivity contribution in [1.29, 1.82) is 5.26 Å². The molecule has 1 atom stereocenters. The van der Waals surface area contributed by atoms with Crippen LogP contribution in [0.2, 0.25) is 0 Å². The second kappa shape index (κ2) is 7.13. The quantitative estimate of drug-likeness (QED) is 0.638. The molecule has 1 fully saturated rings. The molecule has 1 saturated heterocycles. The standard InChI is InChI=1S/C13H17N3O3S2/c14-9-11-10-16(5-6-19-11)21(17,18)8-7-20-13-4-2-1-3-12(13)15/h1-4,11H,5-8,10,15H2. The van der Waals surface area contributed by atoms with Crippen LogP contribution in [0.3, 0.4) is 0 Å². The predicted octanol–water partition coefficient (Wildman–Crippen LogP) is 0.915. The van der Waals surface area contributed by atoms with Crippen molar-refractivity contribution < 1.29 is 13.2 Å². The lowest BCUT2D eigenvalue weighted by molar-refractivity contribution is 0.0312. The van der Waals surface area contributed by atoms with Gasteiger partial charge in [0, 0.05) is 22.9 Å². The van der Waals surface area contributed by atoms with Gasteiger partial charge in [-0.2, -0.15) is 9.57 Å². The van der Waals surface area contributed by atoms with Crippen molar-refractivity contribution in [3.05, 3.63) is 24.3 Å². The van der Waals surface area contributed by atoms with Gasteiger partial charge in [-0.25, -0.2) is 8.42 Å². The Morgan fingerprint density at radius 2 is 2.24 bits per heavy atom. The van der Waals surface area contributed by atoms with E-state index in [1.54, 1.807) is 6.07 Å². The fourth-order valence-corrected chi connectivity index (χ4v) is 4.73. The lowest BCUT2D eigenvalue weighted by Crippen LogP contribution is -2.46. The van der Waals surface area contributed by atoms with Crippen LogP contribution in [0, 0.1) is 11.3 Å². The van der Waals surface area contributed by atoms with Gasteiger partial charge in [0.05, 0.1) is 25.0 Å². The molecule has 114 valence electrons. The highest BCUT2D eigenvalue weighted by Gasteiger charge is 2.29.